The van der Waals surface area contributed by atoms with Crippen LogP contribution in [0.1, 0.15) is 17.2 Å². The number of likely N-dealkylation sites (tertiary alicyclic amines) is 1. The van der Waals surface area contributed by atoms with Crippen LogP contribution < -0.4 is 5.43 Å². The summed E-state index contributed by atoms with van der Waals surface area (Å²) in [6.45, 7) is 0.271. The largest absolute Gasteiger partial charge is 0.508 e. The molecule has 4 rings (SSSR count). The Morgan fingerprint density at radius 1 is 1.00 bits per heavy atom. The Balaban J connectivity index is 1.66. The maximum atomic E-state index is 13.0. The van der Waals surface area contributed by atoms with Gasteiger partial charge in [0.05, 0.1) is 18.5 Å². The van der Waals surface area contributed by atoms with Gasteiger partial charge >= 0.3 is 0 Å². The normalized spacial score (nSPS) is 26.3. The molecule has 2 N–H and O–H groups in total. The maximum Gasteiger partial charge on any atom is 0.249 e. The monoisotopic (exact) mass is 337 g/mol. The number of hydrazine groups is 1. The van der Waals surface area contributed by atoms with E-state index in [0.717, 1.165) is 5.56 Å². The second kappa shape index (κ2) is 5.98. The van der Waals surface area contributed by atoms with Crippen LogP contribution in [0.15, 0.2) is 54.6 Å². The van der Waals surface area contributed by atoms with E-state index < -0.39 is 18.0 Å². The zero-order chi connectivity index (χ0) is 17.6. The number of hydrogen-bond donors (Lipinski definition) is 2. The van der Waals surface area contributed by atoms with Crippen LogP contribution in [0.5, 0.6) is 5.75 Å². The van der Waals surface area contributed by atoms with Crippen molar-refractivity contribution >= 4 is 11.8 Å². The maximum absolute atomic E-state index is 13.0. The Bertz CT molecular complexity index is 824. The van der Waals surface area contributed by atoms with E-state index >= 15 is 0 Å². The topological polar surface area (TPSA) is 72.9 Å². The molecule has 0 aromatic heterocycles. The van der Waals surface area contributed by atoms with Crippen molar-refractivity contribution < 1.29 is 14.7 Å². The third-order valence-corrected chi connectivity index (χ3v) is 4.98. The van der Waals surface area contributed by atoms with Crippen LogP contribution >= 0.6 is 0 Å². The van der Waals surface area contributed by atoms with Gasteiger partial charge in [0, 0.05) is 12.6 Å². The SMILES string of the molecule is CN1NC(c2ccccc2O)C2C(=O)N(Cc3ccccc3)C(=O)C21. The number of amides is 2. The number of phenolic OH excluding ortho intramolecular Hbond substituents is 1. The number of likely N-dealkylation sites (N-methyl/N-ethyl adjacent to an activating group) is 1. The van der Waals surface area contributed by atoms with Crippen molar-refractivity contribution in [3.8, 4) is 5.75 Å². The number of benzene rings is 2. The first-order chi connectivity index (χ1) is 12.1. The van der Waals surface area contributed by atoms with E-state index in [2.05, 4.69) is 5.43 Å². The Morgan fingerprint density at radius 3 is 2.40 bits per heavy atom. The highest BCUT2D eigenvalue weighted by atomic mass is 16.3. The molecule has 0 saturated carbocycles. The molecule has 2 amide bonds. The molecule has 0 bridgehead atoms. The standard InChI is InChI=1S/C19H19N3O3/c1-21-17-15(16(20-21)13-9-5-6-10-14(13)23)18(24)22(19(17)25)11-12-7-3-2-4-8-12/h2-10,15-17,20,23H,11H2,1H3. The summed E-state index contributed by atoms with van der Waals surface area (Å²) in [7, 11) is 1.76. The van der Waals surface area contributed by atoms with Gasteiger partial charge in [-0.3, -0.25) is 14.5 Å². The van der Waals surface area contributed by atoms with E-state index in [9.17, 15) is 14.7 Å². The highest BCUT2D eigenvalue weighted by Gasteiger charge is 2.57. The van der Waals surface area contributed by atoms with E-state index in [1.54, 1.807) is 30.3 Å². The first-order valence-corrected chi connectivity index (χ1v) is 8.24. The van der Waals surface area contributed by atoms with Crippen molar-refractivity contribution in [2.45, 2.75) is 18.6 Å². The molecule has 2 saturated heterocycles. The minimum absolute atomic E-state index is 0.121. The lowest BCUT2D eigenvalue weighted by molar-refractivity contribution is -0.142. The molecule has 2 aromatic carbocycles. The van der Waals surface area contributed by atoms with Gasteiger partial charge in [-0.1, -0.05) is 48.5 Å². The Hall–Kier alpha value is -2.70. The fourth-order valence-corrected chi connectivity index (χ4v) is 3.78. The molecule has 3 atom stereocenters. The summed E-state index contributed by atoms with van der Waals surface area (Å²) >= 11 is 0. The van der Waals surface area contributed by atoms with Crippen molar-refractivity contribution in [1.82, 2.24) is 15.3 Å². The van der Waals surface area contributed by atoms with E-state index in [1.165, 1.54) is 4.90 Å². The molecular formula is C19H19N3O3. The fourth-order valence-electron chi connectivity index (χ4n) is 3.78. The van der Waals surface area contributed by atoms with Gasteiger partial charge in [-0.15, -0.1) is 0 Å². The first kappa shape index (κ1) is 15.8. The van der Waals surface area contributed by atoms with Crippen LogP contribution in [-0.2, 0) is 16.1 Å². The molecule has 2 fully saturated rings. The van der Waals surface area contributed by atoms with Gasteiger partial charge < -0.3 is 5.11 Å². The van der Waals surface area contributed by atoms with Crippen LogP contribution in [0.4, 0.5) is 0 Å². The molecule has 0 radical (unpaired) electrons. The summed E-state index contributed by atoms with van der Waals surface area (Å²) in [5.74, 6) is -0.832. The van der Waals surface area contributed by atoms with Gasteiger partial charge in [0.25, 0.3) is 0 Å². The van der Waals surface area contributed by atoms with Gasteiger partial charge in [-0.2, -0.15) is 0 Å². The number of fused-ring (bicyclic) bond motifs is 1. The quantitative estimate of drug-likeness (QED) is 0.829. The zero-order valence-electron chi connectivity index (χ0n) is 13.8. The van der Waals surface area contributed by atoms with Gasteiger partial charge in [-0.25, -0.2) is 10.4 Å². The van der Waals surface area contributed by atoms with Gasteiger partial charge in [0.15, 0.2) is 0 Å². The predicted molar refractivity (Wildman–Crippen MR) is 91.0 cm³/mol. The van der Waals surface area contributed by atoms with Crippen LogP contribution in [-0.4, -0.2) is 39.9 Å². The summed E-state index contributed by atoms with van der Waals surface area (Å²) in [6, 6.07) is 15.4. The van der Waals surface area contributed by atoms with Crippen LogP contribution in [0.3, 0.4) is 0 Å². The van der Waals surface area contributed by atoms with Gasteiger partial charge in [0.1, 0.15) is 11.8 Å². The van der Waals surface area contributed by atoms with Crippen LogP contribution in [0, 0.1) is 5.92 Å². The summed E-state index contributed by atoms with van der Waals surface area (Å²) in [6.07, 6.45) is 0. The molecule has 2 heterocycles. The predicted octanol–water partition coefficient (Wildman–Crippen LogP) is 1.44. The average Bonchev–Trinajstić information content (AvgIpc) is 3.08. The number of carbonyl (C=O) groups excluding carboxylic acids is 2. The second-order valence-corrected chi connectivity index (χ2v) is 6.50. The number of phenols is 1. The highest BCUT2D eigenvalue weighted by Crippen LogP contribution is 2.42. The average molecular weight is 337 g/mol. The molecule has 2 aliphatic rings. The molecule has 6 nitrogen and oxygen atoms in total. The van der Waals surface area contributed by atoms with E-state index in [1.807, 2.05) is 36.4 Å². The molecular weight excluding hydrogens is 318 g/mol. The summed E-state index contributed by atoms with van der Waals surface area (Å²) in [5.41, 5.74) is 4.71. The molecule has 0 aliphatic carbocycles. The summed E-state index contributed by atoms with van der Waals surface area (Å²) in [5, 5.41) is 11.8. The third-order valence-electron chi connectivity index (χ3n) is 4.98. The molecule has 25 heavy (non-hydrogen) atoms. The number of nitrogens with zero attached hydrogens (tertiary/aromatic N) is 2. The van der Waals surface area contributed by atoms with Crippen molar-refractivity contribution in [3.05, 3.63) is 65.7 Å². The number of carbonyl (C=O) groups is 2. The lowest BCUT2D eigenvalue weighted by atomic mass is 9.90. The molecule has 2 aromatic rings. The molecule has 6 heteroatoms. The van der Waals surface area contributed by atoms with Crippen molar-refractivity contribution in [3.63, 3.8) is 0 Å². The number of nitrogens with one attached hydrogen (secondary N) is 1. The summed E-state index contributed by atoms with van der Waals surface area (Å²) < 4.78 is 0. The highest BCUT2D eigenvalue weighted by molar-refractivity contribution is 6.07. The van der Waals surface area contributed by atoms with Gasteiger partial charge in [0.2, 0.25) is 11.8 Å². The molecule has 3 unspecified atom stereocenters. The van der Waals surface area contributed by atoms with Crippen molar-refractivity contribution in [2.75, 3.05) is 7.05 Å². The lowest BCUT2D eigenvalue weighted by Crippen LogP contribution is -2.42. The molecule has 2 aliphatic heterocycles. The number of imide groups is 1. The number of rotatable bonds is 3. The smallest absolute Gasteiger partial charge is 0.249 e. The number of aromatic hydroxyl groups is 1. The van der Waals surface area contributed by atoms with E-state index in [4.69, 9.17) is 0 Å². The van der Waals surface area contributed by atoms with Gasteiger partial charge in [-0.05, 0) is 11.6 Å². The van der Waals surface area contributed by atoms with Crippen LogP contribution in [0.2, 0.25) is 0 Å². The minimum atomic E-state index is -0.555. The summed E-state index contributed by atoms with van der Waals surface area (Å²) in [4.78, 5) is 27.2. The van der Waals surface area contributed by atoms with E-state index in [0.29, 0.717) is 5.56 Å². The second-order valence-electron chi connectivity index (χ2n) is 6.50. The van der Waals surface area contributed by atoms with Crippen LogP contribution in [0.25, 0.3) is 0 Å². The van der Waals surface area contributed by atoms with E-state index in [-0.39, 0.29) is 24.1 Å². The first-order valence-electron chi connectivity index (χ1n) is 8.24. The van der Waals surface area contributed by atoms with Crippen molar-refractivity contribution in [1.29, 1.82) is 0 Å². The Kier molecular flexibility index (Phi) is 3.78. The number of hydrogen-bond acceptors (Lipinski definition) is 5. The zero-order valence-corrected chi connectivity index (χ0v) is 13.8. The molecule has 0 spiro atoms. The Morgan fingerprint density at radius 2 is 1.68 bits per heavy atom. The lowest BCUT2D eigenvalue weighted by Gasteiger charge is -2.22. The Labute approximate surface area is 145 Å². The minimum Gasteiger partial charge on any atom is -0.508 e. The fraction of sp³-hybridized carbons (Fsp3) is 0.263. The number of para-hydroxylation sites is 1. The third kappa shape index (κ3) is 2.50. The molecule has 128 valence electrons. The van der Waals surface area contributed by atoms with Crippen molar-refractivity contribution in [2.24, 2.45) is 5.92 Å².